The molecule has 0 spiro atoms. The van der Waals surface area contributed by atoms with Crippen LogP contribution in [0, 0.1) is 12.7 Å². The Labute approximate surface area is 111 Å². The summed E-state index contributed by atoms with van der Waals surface area (Å²) in [4.78, 5) is 4.04. The number of benzene rings is 1. The number of pyridine rings is 1. The number of anilines is 1. The number of hydrogen-bond acceptors (Lipinski definition) is 4. The molecule has 0 fully saturated rings. The van der Waals surface area contributed by atoms with E-state index in [1.807, 2.05) is 6.92 Å². The predicted octanol–water partition coefficient (Wildman–Crippen LogP) is 1.86. The normalized spacial score (nSPS) is 12.4. The molecule has 1 unspecified atom stereocenters. The molecule has 100 valence electrons. The lowest BCUT2D eigenvalue weighted by atomic mass is 9.96. The van der Waals surface area contributed by atoms with Gasteiger partial charge in [-0.1, -0.05) is 6.07 Å². The van der Waals surface area contributed by atoms with E-state index in [4.69, 9.17) is 11.6 Å². The average Bonchev–Trinajstić information content (AvgIpc) is 2.41. The van der Waals surface area contributed by atoms with E-state index in [1.165, 1.54) is 12.1 Å². The Morgan fingerprint density at radius 3 is 2.84 bits per heavy atom. The highest BCUT2D eigenvalue weighted by Crippen LogP contribution is 2.24. The number of aromatic nitrogens is 1. The van der Waals surface area contributed by atoms with Crippen molar-refractivity contribution >= 4 is 5.69 Å². The van der Waals surface area contributed by atoms with E-state index < -0.39 is 0 Å². The summed E-state index contributed by atoms with van der Waals surface area (Å²) in [6, 6.07) is 6.20. The van der Waals surface area contributed by atoms with Crippen LogP contribution in [0.2, 0.25) is 0 Å². The Hall–Kier alpha value is -1.98. The maximum Gasteiger partial charge on any atom is 0.123 e. The highest BCUT2D eigenvalue weighted by atomic mass is 19.1. The van der Waals surface area contributed by atoms with Gasteiger partial charge >= 0.3 is 0 Å². The van der Waals surface area contributed by atoms with E-state index in [-0.39, 0.29) is 11.9 Å². The van der Waals surface area contributed by atoms with Gasteiger partial charge in [0, 0.05) is 18.1 Å². The quantitative estimate of drug-likeness (QED) is 0.579. The number of hydrazine groups is 1. The third-order valence-corrected chi connectivity index (χ3v) is 3.18. The third-order valence-electron chi connectivity index (χ3n) is 3.18. The third kappa shape index (κ3) is 3.07. The Morgan fingerprint density at radius 1 is 1.37 bits per heavy atom. The van der Waals surface area contributed by atoms with Gasteiger partial charge in [-0.3, -0.25) is 16.3 Å². The van der Waals surface area contributed by atoms with Crippen molar-refractivity contribution in [3.8, 4) is 0 Å². The lowest BCUT2D eigenvalue weighted by Gasteiger charge is -2.19. The lowest BCUT2D eigenvalue weighted by Crippen LogP contribution is -2.30. The number of halogens is 1. The number of nitrogens with two attached hydrogens (primary N) is 2. The fraction of sp³-hybridized carbons (Fsp3) is 0.214. The van der Waals surface area contributed by atoms with Crippen LogP contribution in [0.1, 0.15) is 22.7 Å². The highest BCUT2D eigenvalue weighted by Gasteiger charge is 2.15. The summed E-state index contributed by atoms with van der Waals surface area (Å²) >= 11 is 0. The van der Waals surface area contributed by atoms with Crippen molar-refractivity contribution in [3.63, 3.8) is 0 Å². The zero-order valence-electron chi connectivity index (χ0n) is 10.7. The topological polar surface area (TPSA) is 77.0 Å². The van der Waals surface area contributed by atoms with Crippen LogP contribution >= 0.6 is 0 Å². The van der Waals surface area contributed by atoms with Gasteiger partial charge < -0.3 is 5.73 Å². The fourth-order valence-electron chi connectivity index (χ4n) is 2.07. The monoisotopic (exact) mass is 260 g/mol. The SMILES string of the molecule is Cc1ccc(F)cc1C(Cc1cnccc1N)NN. The smallest absolute Gasteiger partial charge is 0.123 e. The van der Waals surface area contributed by atoms with E-state index in [2.05, 4.69) is 10.4 Å². The minimum absolute atomic E-state index is 0.206. The molecule has 1 heterocycles. The Bertz CT molecular complexity index is 571. The summed E-state index contributed by atoms with van der Waals surface area (Å²) in [6.07, 6.45) is 3.89. The maximum atomic E-state index is 13.4. The molecule has 2 aromatic rings. The number of hydrogen-bond donors (Lipinski definition) is 3. The van der Waals surface area contributed by atoms with Gasteiger partial charge in [-0.05, 0) is 48.2 Å². The molecule has 0 saturated heterocycles. The van der Waals surface area contributed by atoms with Crippen LogP contribution in [0.25, 0.3) is 0 Å². The summed E-state index contributed by atoms with van der Waals surface area (Å²) in [6.45, 7) is 1.92. The second kappa shape index (κ2) is 5.77. The molecule has 1 aromatic heterocycles. The fourth-order valence-corrected chi connectivity index (χ4v) is 2.07. The van der Waals surface area contributed by atoms with Crippen molar-refractivity contribution in [2.24, 2.45) is 5.84 Å². The maximum absolute atomic E-state index is 13.4. The molecule has 0 aliphatic heterocycles. The molecule has 1 atom stereocenters. The Kier molecular flexibility index (Phi) is 4.09. The molecule has 19 heavy (non-hydrogen) atoms. The van der Waals surface area contributed by atoms with Crippen molar-refractivity contribution in [1.82, 2.24) is 10.4 Å². The summed E-state index contributed by atoms with van der Waals surface area (Å²) in [5.74, 6) is 5.31. The van der Waals surface area contributed by atoms with Gasteiger partial charge in [0.2, 0.25) is 0 Å². The Morgan fingerprint density at radius 2 is 2.16 bits per heavy atom. The van der Waals surface area contributed by atoms with Crippen molar-refractivity contribution in [2.45, 2.75) is 19.4 Å². The zero-order chi connectivity index (χ0) is 13.8. The lowest BCUT2D eigenvalue weighted by molar-refractivity contribution is 0.541. The molecule has 0 amide bonds. The summed E-state index contributed by atoms with van der Waals surface area (Å²) in [7, 11) is 0. The van der Waals surface area contributed by atoms with E-state index in [0.29, 0.717) is 12.1 Å². The van der Waals surface area contributed by atoms with Crippen LogP contribution in [0.15, 0.2) is 36.7 Å². The van der Waals surface area contributed by atoms with Crippen molar-refractivity contribution in [3.05, 3.63) is 59.2 Å². The number of rotatable bonds is 4. The zero-order valence-corrected chi connectivity index (χ0v) is 10.7. The Balaban J connectivity index is 2.30. The van der Waals surface area contributed by atoms with Gasteiger partial charge in [-0.25, -0.2) is 4.39 Å². The molecule has 0 bridgehead atoms. The van der Waals surface area contributed by atoms with Crippen molar-refractivity contribution in [2.75, 3.05) is 5.73 Å². The number of nitrogens with one attached hydrogen (secondary N) is 1. The predicted molar refractivity (Wildman–Crippen MR) is 73.6 cm³/mol. The van der Waals surface area contributed by atoms with Crippen LogP contribution in [0.5, 0.6) is 0 Å². The molecular formula is C14H17FN4. The number of nitrogens with zero attached hydrogens (tertiary/aromatic N) is 1. The van der Waals surface area contributed by atoms with Crippen LogP contribution in [-0.4, -0.2) is 4.98 Å². The van der Waals surface area contributed by atoms with Crippen LogP contribution in [0.4, 0.5) is 10.1 Å². The minimum atomic E-state index is -0.278. The van der Waals surface area contributed by atoms with E-state index in [1.54, 1.807) is 24.5 Å². The largest absolute Gasteiger partial charge is 0.398 e. The van der Waals surface area contributed by atoms with Crippen molar-refractivity contribution < 1.29 is 4.39 Å². The molecule has 4 nitrogen and oxygen atoms in total. The first-order valence-corrected chi connectivity index (χ1v) is 6.02. The molecule has 1 aromatic carbocycles. The second-order valence-corrected chi connectivity index (χ2v) is 4.50. The van der Waals surface area contributed by atoms with Gasteiger partial charge in [-0.15, -0.1) is 0 Å². The summed E-state index contributed by atoms with van der Waals surface area (Å²) in [5.41, 5.74) is 11.9. The second-order valence-electron chi connectivity index (χ2n) is 4.50. The minimum Gasteiger partial charge on any atom is -0.398 e. The molecule has 0 aliphatic carbocycles. The molecular weight excluding hydrogens is 243 g/mol. The molecule has 5 heteroatoms. The average molecular weight is 260 g/mol. The van der Waals surface area contributed by atoms with Gasteiger partial charge in [0.25, 0.3) is 0 Å². The molecule has 0 saturated carbocycles. The van der Waals surface area contributed by atoms with Gasteiger partial charge in [0.15, 0.2) is 0 Å². The molecule has 0 aliphatic rings. The van der Waals surface area contributed by atoms with Crippen LogP contribution in [0.3, 0.4) is 0 Å². The summed E-state index contributed by atoms with van der Waals surface area (Å²) < 4.78 is 13.4. The van der Waals surface area contributed by atoms with E-state index in [0.717, 1.165) is 16.7 Å². The first-order valence-electron chi connectivity index (χ1n) is 6.02. The first-order chi connectivity index (χ1) is 9.11. The highest BCUT2D eigenvalue weighted by molar-refractivity contribution is 5.45. The van der Waals surface area contributed by atoms with Gasteiger partial charge in [0.1, 0.15) is 5.82 Å². The molecule has 0 radical (unpaired) electrons. The van der Waals surface area contributed by atoms with E-state index >= 15 is 0 Å². The van der Waals surface area contributed by atoms with Gasteiger partial charge in [-0.2, -0.15) is 0 Å². The summed E-state index contributed by atoms with van der Waals surface area (Å²) in [5, 5.41) is 0. The van der Waals surface area contributed by atoms with Crippen molar-refractivity contribution in [1.29, 1.82) is 0 Å². The van der Waals surface area contributed by atoms with Gasteiger partial charge in [0.05, 0.1) is 6.04 Å². The first kappa shape index (κ1) is 13.5. The molecule has 2 rings (SSSR count). The number of aryl methyl sites for hydroxylation is 1. The van der Waals surface area contributed by atoms with Crippen LogP contribution < -0.4 is 17.0 Å². The van der Waals surface area contributed by atoms with Crippen LogP contribution in [-0.2, 0) is 6.42 Å². The standard InChI is InChI=1S/C14H17FN4/c1-9-2-3-11(15)7-12(9)14(19-17)6-10-8-18-5-4-13(10)16/h2-5,7-8,14,19H,6,17H2,1H3,(H2,16,18). The van der Waals surface area contributed by atoms with E-state index in [9.17, 15) is 4.39 Å². The molecule has 5 N–H and O–H groups in total. The number of nitrogen functional groups attached to an aromatic ring is 1.